The van der Waals surface area contributed by atoms with E-state index in [9.17, 15) is 4.79 Å². The Balaban J connectivity index is 2.13. The number of carbonyl (C=O) groups is 1. The Labute approximate surface area is 103 Å². The number of carbonyl (C=O) groups excluding carboxylic acids is 1. The van der Waals surface area contributed by atoms with E-state index >= 15 is 0 Å². The Morgan fingerprint density at radius 1 is 1.29 bits per heavy atom. The first-order chi connectivity index (χ1) is 8.20. The molecule has 1 saturated carbocycles. The van der Waals surface area contributed by atoms with Crippen LogP contribution in [0.4, 0.5) is 0 Å². The van der Waals surface area contributed by atoms with Crippen molar-refractivity contribution in [2.45, 2.75) is 38.6 Å². The molecule has 1 unspecified atom stereocenters. The van der Waals surface area contributed by atoms with Gasteiger partial charge in [-0.1, -0.05) is 29.8 Å². The molecule has 0 aliphatic heterocycles. The minimum Gasteiger partial charge on any atom is -0.313 e. The fourth-order valence-electron chi connectivity index (χ4n) is 2.83. The van der Waals surface area contributed by atoms with Crippen molar-refractivity contribution in [2.24, 2.45) is 5.92 Å². The van der Waals surface area contributed by atoms with Crippen molar-refractivity contribution in [2.75, 3.05) is 7.05 Å². The molecule has 0 radical (unpaired) electrons. The number of nitrogens with one attached hydrogen (secondary N) is 1. The molecule has 0 heterocycles. The van der Waals surface area contributed by atoms with Gasteiger partial charge >= 0.3 is 0 Å². The molecule has 0 amide bonds. The maximum absolute atomic E-state index is 11.3. The van der Waals surface area contributed by atoms with E-state index in [1.807, 2.05) is 7.05 Å². The molecule has 2 heteroatoms. The average Bonchev–Trinajstić information content (AvgIpc) is 2.33. The van der Waals surface area contributed by atoms with Crippen molar-refractivity contribution < 1.29 is 4.79 Å². The van der Waals surface area contributed by atoms with Gasteiger partial charge in [-0.2, -0.15) is 0 Å². The zero-order valence-corrected chi connectivity index (χ0v) is 10.7. The van der Waals surface area contributed by atoms with E-state index in [1.165, 1.54) is 11.1 Å². The third-order valence-electron chi connectivity index (χ3n) is 3.77. The van der Waals surface area contributed by atoms with Crippen LogP contribution in [0.15, 0.2) is 24.3 Å². The number of ketones is 1. The molecular formula is C15H21NO. The lowest BCUT2D eigenvalue weighted by molar-refractivity contribution is -0.121. The molecule has 0 saturated heterocycles. The summed E-state index contributed by atoms with van der Waals surface area (Å²) in [4.78, 5) is 11.3. The summed E-state index contributed by atoms with van der Waals surface area (Å²) in [6.07, 6.45) is 3.57. The van der Waals surface area contributed by atoms with Crippen LogP contribution in [-0.2, 0) is 4.79 Å². The number of aryl methyl sites for hydroxylation is 1. The Kier molecular flexibility index (Phi) is 3.95. The van der Waals surface area contributed by atoms with Crippen molar-refractivity contribution in [3.8, 4) is 0 Å². The smallest absolute Gasteiger partial charge is 0.132 e. The number of Topliss-reactive ketones (excluding diaryl/α,β-unsaturated/α-hetero) is 1. The lowest BCUT2D eigenvalue weighted by Gasteiger charge is -2.30. The molecule has 92 valence electrons. The Morgan fingerprint density at radius 3 is 2.59 bits per heavy atom. The van der Waals surface area contributed by atoms with Gasteiger partial charge in [-0.3, -0.25) is 4.79 Å². The standard InChI is InChI=1S/C15H21NO/c1-11-4-3-5-13(10-11)15(16-2)12-6-8-14(17)9-7-12/h3-5,10,12,15-16H,6-9H2,1-2H3. The van der Waals surface area contributed by atoms with Crippen molar-refractivity contribution >= 4 is 5.78 Å². The average molecular weight is 231 g/mol. The number of rotatable bonds is 3. The van der Waals surface area contributed by atoms with Crippen LogP contribution in [0.3, 0.4) is 0 Å². The van der Waals surface area contributed by atoms with E-state index in [-0.39, 0.29) is 0 Å². The summed E-state index contributed by atoms with van der Waals surface area (Å²) in [5.41, 5.74) is 2.65. The highest BCUT2D eigenvalue weighted by Crippen LogP contribution is 2.33. The van der Waals surface area contributed by atoms with Crippen LogP contribution in [0.5, 0.6) is 0 Å². The lowest BCUT2D eigenvalue weighted by atomic mass is 9.80. The zero-order chi connectivity index (χ0) is 12.3. The summed E-state index contributed by atoms with van der Waals surface area (Å²) in [6, 6.07) is 9.06. The highest BCUT2D eigenvalue weighted by atomic mass is 16.1. The molecule has 1 fully saturated rings. The van der Waals surface area contributed by atoms with Crippen LogP contribution in [0.1, 0.15) is 42.9 Å². The summed E-state index contributed by atoms with van der Waals surface area (Å²) < 4.78 is 0. The van der Waals surface area contributed by atoms with Gasteiger partial charge in [0.05, 0.1) is 0 Å². The molecule has 0 bridgehead atoms. The van der Waals surface area contributed by atoms with Gasteiger partial charge in [0.15, 0.2) is 0 Å². The van der Waals surface area contributed by atoms with Crippen LogP contribution in [0, 0.1) is 12.8 Å². The fourth-order valence-corrected chi connectivity index (χ4v) is 2.83. The number of hydrogen-bond acceptors (Lipinski definition) is 2. The zero-order valence-electron chi connectivity index (χ0n) is 10.7. The van der Waals surface area contributed by atoms with Gasteiger partial charge in [-0.15, -0.1) is 0 Å². The van der Waals surface area contributed by atoms with Crippen molar-refractivity contribution in [3.63, 3.8) is 0 Å². The van der Waals surface area contributed by atoms with Crippen LogP contribution in [0.25, 0.3) is 0 Å². The van der Waals surface area contributed by atoms with Gasteiger partial charge in [-0.05, 0) is 38.3 Å². The first-order valence-electron chi connectivity index (χ1n) is 6.46. The molecule has 1 N–H and O–H groups in total. The third-order valence-corrected chi connectivity index (χ3v) is 3.77. The van der Waals surface area contributed by atoms with E-state index < -0.39 is 0 Å². The molecule has 1 atom stereocenters. The van der Waals surface area contributed by atoms with Crippen LogP contribution < -0.4 is 5.32 Å². The topological polar surface area (TPSA) is 29.1 Å². The van der Waals surface area contributed by atoms with Gasteiger partial charge in [0, 0.05) is 18.9 Å². The number of hydrogen-bond donors (Lipinski definition) is 1. The quantitative estimate of drug-likeness (QED) is 0.866. The molecule has 1 aromatic carbocycles. The van der Waals surface area contributed by atoms with Gasteiger partial charge in [0.1, 0.15) is 5.78 Å². The monoisotopic (exact) mass is 231 g/mol. The normalized spacial score (nSPS) is 19.3. The predicted octanol–water partition coefficient (Wildman–Crippen LogP) is 3.01. The lowest BCUT2D eigenvalue weighted by Crippen LogP contribution is -2.28. The largest absolute Gasteiger partial charge is 0.313 e. The minimum atomic E-state index is 0.392. The van der Waals surface area contributed by atoms with E-state index in [2.05, 4.69) is 36.5 Å². The Hall–Kier alpha value is -1.15. The second-order valence-corrected chi connectivity index (χ2v) is 5.06. The Morgan fingerprint density at radius 2 is 2.00 bits per heavy atom. The molecule has 0 aromatic heterocycles. The van der Waals surface area contributed by atoms with Crippen molar-refractivity contribution in [3.05, 3.63) is 35.4 Å². The van der Waals surface area contributed by atoms with E-state index in [0.29, 0.717) is 17.7 Å². The maximum atomic E-state index is 11.3. The van der Waals surface area contributed by atoms with E-state index in [1.54, 1.807) is 0 Å². The number of benzene rings is 1. The molecule has 1 aliphatic rings. The van der Waals surface area contributed by atoms with Gasteiger partial charge in [-0.25, -0.2) is 0 Å². The van der Waals surface area contributed by atoms with Crippen LogP contribution in [-0.4, -0.2) is 12.8 Å². The molecule has 1 aromatic rings. The molecule has 17 heavy (non-hydrogen) atoms. The van der Waals surface area contributed by atoms with Crippen molar-refractivity contribution in [1.29, 1.82) is 0 Å². The molecule has 1 aliphatic carbocycles. The van der Waals surface area contributed by atoms with Gasteiger partial charge in [0.25, 0.3) is 0 Å². The van der Waals surface area contributed by atoms with Crippen LogP contribution >= 0.6 is 0 Å². The first-order valence-corrected chi connectivity index (χ1v) is 6.46. The highest BCUT2D eigenvalue weighted by Gasteiger charge is 2.26. The third kappa shape index (κ3) is 2.95. The Bertz CT molecular complexity index is 390. The van der Waals surface area contributed by atoms with E-state index in [0.717, 1.165) is 25.7 Å². The second-order valence-electron chi connectivity index (χ2n) is 5.06. The summed E-state index contributed by atoms with van der Waals surface area (Å²) >= 11 is 0. The SMILES string of the molecule is CNC(c1cccc(C)c1)C1CCC(=O)CC1. The van der Waals surface area contributed by atoms with Gasteiger partial charge < -0.3 is 5.32 Å². The predicted molar refractivity (Wildman–Crippen MR) is 69.9 cm³/mol. The molecular weight excluding hydrogens is 210 g/mol. The fraction of sp³-hybridized carbons (Fsp3) is 0.533. The van der Waals surface area contributed by atoms with Crippen LogP contribution in [0.2, 0.25) is 0 Å². The molecule has 2 nitrogen and oxygen atoms in total. The second kappa shape index (κ2) is 5.46. The molecule has 0 spiro atoms. The summed E-state index contributed by atoms with van der Waals surface area (Å²) in [7, 11) is 2.02. The summed E-state index contributed by atoms with van der Waals surface area (Å²) in [5, 5.41) is 3.42. The maximum Gasteiger partial charge on any atom is 0.132 e. The highest BCUT2D eigenvalue weighted by molar-refractivity contribution is 5.79. The van der Waals surface area contributed by atoms with Gasteiger partial charge in [0.2, 0.25) is 0 Å². The summed E-state index contributed by atoms with van der Waals surface area (Å²) in [6.45, 7) is 2.13. The minimum absolute atomic E-state index is 0.392. The summed E-state index contributed by atoms with van der Waals surface area (Å²) in [5.74, 6) is 1.03. The van der Waals surface area contributed by atoms with E-state index in [4.69, 9.17) is 0 Å². The molecule has 2 rings (SSSR count). The first kappa shape index (κ1) is 12.3. The van der Waals surface area contributed by atoms with Crippen molar-refractivity contribution in [1.82, 2.24) is 5.32 Å².